The number of imidazole rings is 1. The maximum atomic E-state index is 4.61. The molecule has 5 heteroatoms. The van der Waals surface area contributed by atoms with Gasteiger partial charge in [-0.2, -0.15) is 0 Å². The molecule has 0 saturated carbocycles. The van der Waals surface area contributed by atoms with Crippen molar-refractivity contribution in [1.82, 2.24) is 19.9 Å². The van der Waals surface area contributed by atoms with Gasteiger partial charge in [0.05, 0.1) is 6.54 Å². The highest BCUT2D eigenvalue weighted by atomic mass is 15.3. The Hall–Kier alpha value is -1.88. The summed E-state index contributed by atoms with van der Waals surface area (Å²) in [5.74, 6) is 2.83. The minimum atomic E-state index is 0.675. The van der Waals surface area contributed by atoms with E-state index in [1.165, 1.54) is 5.56 Å². The maximum Gasteiger partial charge on any atom is 0.128 e. The van der Waals surface area contributed by atoms with E-state index in [1.54, 1.807) is 0 Å². The van der Waals surface area contributed by atoms with Crippen LogP contribution < -0.4 is 10.2 Å². The van der Waals surface area contributed by atoms with Crippen molar-refractivity contribution in [2.75, 3.05) is 18.0 Å². The number of rotatable bonds is 5. The second kappa shape index (κ2) is 6.26. The molecule has 2 aromatic heterocycles. The van der Waals surface area contributed by atoms with Crippen molar-refractivity contribution in [2.24, 2.45) is 5.92 Å². The minimum absolute atomic E-state index is 0.675. The molecule has 0 fully saturated rings. The van der Waals surface area contributed by atoms with Crippen molar-refractivity contribution >= 4 is 5.82 Å². The predicted octanol–water partition coefficient (Wildman–Crippen LogP) is 2.04. The summed E-state index contributed by atoms with van der Waals surface area (Å²) in [6, 6.07) is 4.28. The number of aromatic nitrogens is 3. The van der Waals surface area contributed by atoms with E-state index in [-0.39, 0.29) is 0 Å². The average Bonchev–Trinajstić information content (AvgIpc) is 2.95. The zero-order valence-electron chi connectivity index (χ0n) is 12.8. The van der Waals surface area contributed by atoms with Crippen LogP contribution in [-0.4, -0.2) is 27.6 Å². The van der Waals surface area contributed by atoms with E-state index in [1.807, 2.05) is 18.6 Å². The van der Waals surface area contributed by atoms with Crippen molar-refractivity contribution in [1.29, 1.82) is 0 Å². The lowest BCUT2D eigenvalue weighted by Crippen LogP contribution is -2.34. The number of nitrogens with one attached hydrogen (secondary N) is 1. The van der Waals surface area contributed by atoms with Gasteiger partial charge in [0.25, 0.3) is 0 Å². The topological polar surface area (TPSA) is 46.0 Å². The first-order valence-corrected chi connectivity index (χ1v) is 7.63. The van der Waals surface area contributed by atoms with E-state index in [4.69, 9.17) is 0 Å². The molecule has 0 spiro atoms. The molecular weight excluding hydrogens is 262 g/mol. The third kappa shape index (κ3) is 3.42. The molecule has 1 N–H and O–H groups in total. The van der Waals surface area contributed by atoms with E-state index in [0.29, 0.717) is 5.92 Å². The first kappa shape index (κ1) is 14.1. The first-order chi connectivity index (χ1) is 10.2. The van der Waals surface area contributed by atoms with Gasteiger partial charge in [0.2, 0.25) is 0 Å². The Balaban J connectivity index is 1.60. The second-order valence-electron chi connectivity index (χ2n) is 6.01. The van der Waals surface area contributed by atoms with Crippen LogP contribution in [0.1, 0.15) is 25.2 Å². The Morgan fingerprint density at radius 3 is 2.90 bits per heavy atom. The molecule has 0 aromatic carbocycles. The normalized spacial score (nSPS) is 14.5. The van der Waals surface area contributed by atoms with Gasteiger partial charge in [-0.05, 0) is 24.1 Å². The smallest absolute Gasteiger partial charge is 0.128 e. The minimum Gasteiger partial charge on any atom is -0.347 e. The standard InChI is InChI=1S/C16H23N5/c1-13(2)9-17-10-14-3-4-15(19-11-14)21-8-7-20-6-5-18-16(20)12-21/h3-6,11,13,17H,7-10,12H2,1-2H3. The molecule has 112 valence electrons. The van der Waals surface area contributed by atoms with Crippen molar-refractivity contribution in [3.05, 3.63) is 42.1 Å². The molecule has 0 aliphatic carbocycles. The van der Waals surface area contributed by atoms with Gasteiger partial charge in [0.15, 0.2) is 0 Å². The van der Waals surface area contributed by atoms with E-state index in [2.05, 4.69) is 50.7 Å². The van der Waals surface area contributed by atoms with Crippen molar-refractivity contribution in [2.45, 2.75) is 33.5 Å². The molecule has 5 nitrogen and oxygen atoms in total. The maximum absolute atomic E-state index is 4.61. The summed E-state index contributed by atoms with van der Waals surface area (Å²) in [6.07, 6.45) is 5.89. The number of pyridine rings is 1. The molecule has 0 bridgehead atoms. The van der Waals surface area contributed by atoms with Gasteiger partial charge in [-0.25, -0.2) is 9.97 Å². The molecular formula is C16H23N5. The van der Waals surface area contributed by atoms with Gasteiger partial charge in [0.1, 0.15) is 11.6 Å². The summed E-state index contributed by atoms with van der Waals surface area (Å²) in [4.78, 5) is 11.3. The van der Waals surface area contributed by atoms with E-state index in [0.717, 1.165) is 44.4 Å². The Kier molecular flexibility index (Phi) is 4.20. The Labute approximate surface area is 126 Å². The van der Waals surface area contributed by atoms with Gasteiger partial charge in [-0.1, -0.05) is 19.9 Å². The lowest BCUT2D eigenvalue weighted by Gasteiger charge is -2.28. The van der Waals surface area contributed by atoms with Crippen LogP contribution in [0.15, 0.2) is 30.7 Å². The summed E-state index contributed by atoms with van der Waals surface area (Å²) in [5.41, 5.74) is 1.23. The lowest BCUT2D eigenvalue weighted by molar-refractivity contribution is 0.549. The Morgan fingerprint density at radius 1 is 1.24 bits per heavy atom. The molecule has 3 heterocycles. The van der Waals surface area contributed by atoms with Crippen molar-refractivity contribution < 1.29 is 0 Å². The fourth-order valence-corrected chi connectivity index (χ4v) is 2.58. The number of fused-ring (bicyclic) bond motifs is 1. The molecule has 0 radical (unpaired) electrons. The third-order valence-electron chi connectivity index (χ3n) is 3.76. The van der Waals surface area contributed by atoms with Crippen LogP contribution in [0.2, 0.25) is 0 Å². The van der Waals surface area contributed by atoms with Crippen LogP contribution in [0.5, 0.6) is 0 Å². The highest BCUT2D eigenvalue weighted by Gasteiger charge is 2.17. The third-order valence-corrected chi connectivity index (χ3v) is 3.76. The quantitative estimate of drug-likeness (QED) is 0.913. The van der Waals surface area contributed by atoms with E-state index >= 15 is 0 Å². The molecule has 1 aliphatic heterocycles. The van der Waals surface area contributed by atoms with Gasteiger partial charge in [-0.3, -0.25) is 0 Å². The predicted molar refractivity (Wildman–Crippen MR) is 84.1 cm³/mol. The summed E-state index contributed by atoms with van der Waals surface area (Å²) in [5, 5.41) is 3.44. The largest absolute Gasteiger partial charge is 0.347 e. The zero-order valence-corrected chi connectivity index (χ0v) is 12.8. The summed E-state index contributed by atoms with van der Waals surface area (Å²) in [6.45, 7) is 9.16. The number of hydrogen-bond donors (Lipinski definition) is 1. The van der Waals surface area contributed by atoms with Crippen LogP contribution in [0, 0.1) is 5.92 Å². The molecule has 2 aromatic rings. The molecule has 0 unspecified atom stereocenters. The van der Waals surface area contributed by atoms with Crippen LogP contribution in [0.25, 0.3) is 0 Å². The average molecular weight is 285 g/mol. The van der Waals surface area contributed by atoms with Gasteiger partial charge in [0, 0.05) is 38.2 Å². The fraction of sp³-hybridized carbons (Fsp3) is 0.500. The van der Waals surface area contributed by atoms with E-state index < -0.39 is 0 Å². The van der Waals surface area contributed by atoms with Crippen LogP contribution >= 0.6 is 0 Å². The lowest BCUT2D eigenvalue weighted by atomic mass is 10.2. The molecule has 21 heavy (non-hydrogen) atoms. The zero-order chi connectivity index (χ0) is 14.7. The fourth-order valence-electron chi connectivity index (χ4n) is 2.58. The molecule has 3 rings (SSSR count). The monoisotopic (exact) mass is 285 g/mol. The highest BCUT2D eigenvalue weighted by Crippen LogP contribution is 2.18. The molecule has 0 atom stereocenters. The highest BCUT2D eigenvalue weighted by molar-refractivity contribution is 5.40. The Bertz CT molecular complexity index is 573. The SMILES string of the molecule is CC(C)CNCc1ccc(N2CCn3ccnc3C2)nc1. The van der Waals surface area contributed by atoms with Gasteiger partial charge >= 0.3 is 0 Å². The molecule has 0 amide bonds. The number of nitrogens with zero attached hydrogens (tertiary/aromatic N) is 4. The van der Waals surface area contributed by atoms with Crippen LogP contribution in [0.4, 0.5) is 5.82 Å². The van der Waals surface area contributed by atoms with E-state index in [9.17, 15) is 0 Å². The number of hydrogen-bond acceptors (Lipinski definition) is 4. The van der Waals surface area contributed by atoms with Gasteiger partial charge < -0.3 is 14.8 Å². The van der Waals surface area contributed by atoms with Gasteiger partial charge in [-0.15, -0.1) is 0 Å². The second-order valence-corrected chi connectivity index (χ2v) is 6.01. The molecule has 1 aliphatic rings. The number of anilines is 1. The Morgan fingerprint density at radius 2 is 2.14 bits per heavy atom. The van der Waals surface area contributed by atoms with Crippen LogP contribution in [-0.2, 0) is 19.6 Å². The summed E-state index contributed by atoms with van der Waals surface area (Å²) in [7, 11) is 0. The van der Waals surface area contributed by atoms with Crippen molar-refractivity contribution in [3.8, 4) is 0 Å². The van der Waals surface area contributed by atoms with Crippen LogP contribution in [0.3, 0.4) is 0 Å². The summed E-state index contributed by atoms with van der Waals surface area (Å²) >= 11 is 0. The summed E-state index contributed by atoms with van der Waals surface area (Å²) < 4.78 is 2.21. The molecule has 0 saturated heterocycles. The van der Waals surface area contributed by atoms with Crippen molar-refractivity contribution in [3.63, 3.8) is 0 Å². The first-order valence-electron chi connectivity index (χ1n) is 7.63.